The van der Waals surface area contributed by atoms with E-state index in [9.17, 15) is 10.1 Å². The zero-order valence-corrected chi connectivity index (χ0v) is 18.8. The van der Waals surface area contributed by atoms with E-state index in [2.05, 4.69) is 20.8 Å². The van der Waals surface area contributed by atoms with Gasteiger partial charge < -0.3 is 0 Å². The molecular weight excluding hydrogens is 408 g/mol. The first-order valence-corrected chi connectivity index (χ1v) is 11.3. The minimum Gasteiger partial charge on any atom is -0.258 e. The third-order valence-corrected chi connectivity index (χ3v) is 6.24. The van der Waals surface area contributed by atoms with Crippen LogP contribution < -0.4 is 4.80 Å². The molecule has 0 aliphatic heterocycles. The fourth-order valence-electron chi connectivity index (χ4n) is 4.40. The molecule has 1 fully saturated rings. The van der Waals surface area contributed by atoms with E-state index in [0.29, 0.717) is 5.92 Å². The van der Waals surface area contributed by atoms with Gasteiger partial charge in [0.25, 0.3) is 5.69 Å². The lowest BCUT2D eigenvalue weighted by Crippen LogP contribution is -2.29. The van der Waals surface area contributed by atoms with Gasteiger partial charge in [-0.1, -0.05) is 51.1 Å². The molecule has 4 rings (SSSR count). The van der Waals surface area contributed by atoms with Gasteiger partial charge in [0.1, 0.15) is 0 Å². The van der Waals surface area contributed by atoms with Crippen molar-refractivity contribution in [3.63, 3.8) is 0 Å². The minimum atomic E-state index is -0.368. The second kappa shape index (κ2) is 8.59. The third kappa shape index (κ3) is 4.99. The number of thiazole rings is 1. The number of rotatable bonds is 4. The summed E-state index contributed by atoms with van der Waals surface area (Å²) in [6.07, 6.45) is 3.06. The molecule has 1 heterocycles. The van der Waals surface area contributed by atoms with Gasteiger partial charge >= 0.3 is 0 Å². The largest absolute Gasteiger partial charge is 0.270 e. The van der Waals surface area contributed by atoms with Gasteiger partial charge in [0, 0.05) is 28.8 Å². The lowest BCUT2D eigenvalue weighted by molar-refractivity contribution is -0.384. The normalized spacial score (nSPS) is 20.2. The quantitative estimate of drug-likeness (QED) is 0.352. The summed E-state index contributed by atoms with van der Waals surface area (Å²) in [6.45, 7) is 6.84. The summed E-state index contributed by atoms with van der Waals surface area (Å²) in [4.78, 5) is 16.5. The lowest BCUT2D eigenvalue weighted by atomic mass is 9.72. The van der Waals surface area contributed by atoms with Crippen molar-refractivity contribution in [2.75, 3.05) is 0 Å². The highest BCUT2D eigenvalue weighted by atomic mass is 32.1. The van der Waals surface area contributed by atoms with E-state index in [0.717, 1.165) is 40.3 Å². The van der Waals surface area contributed by atoms with Gasteiger partial charge in [0.15, 0.2) is 0 Å². The molecule has 0 amide bonds. The summed E-state index contributed by atoms with van der Waals surface area (Å²) < 4.78 is 1.86. The fraction of sp³-hybridized carbons (Fsp3) is 0.333. The van der Waals surface area contributed by atoms with Crippen LogP contribution in [-0.4, -0.2) is 15.3 Å². The van der Waals surface area contributed by atoms with Crippen LogP contribution in [0.4, 0.5) is 11.4 Å². The van der Waals surface area contributed by atoms with Gasteiger partial charge in [-0.25, -0.2) is 9.67 Å². The van der Waals surface area contributed by atoms with Crippen LogP contribution in [0.25, 0.3) is 11.3 Å². The summed E-state index contributed by atoms with van der Waals surface area (Å²) in [5.74, 6) is 0.567. The van der Waals surface area contributed by atoms with Gasteiger partial charge in [0.2, 0.25) is 4.80 Å². The van der Waals surface area contributed by atoms with Crippen molar-refractivity contribution < 1.29 is 4.92 Å². The van der Waals surface area contributed by atoms with Gasteiger partial charge in [-0.3, -0.25) is 10.1 Å². The monoisotopic (exact) mass is 434 g/mol. The molecule has 1 atom stereocenters. The molecule has 31 heavy (non-hydrogen) atoms. The van der Waals surface area contributed by atoms with Crippen LogP contribution in [0.1, 0.15) is 40.0 Å². The minimum absolute atomic E-state index is 0.0665. The molecule has 3 aromatic rings. The van der Waals surface area contributed by atoms with Crippen molar-refractivity contribution >= 4 is 28.4 Å². The molecule has 1 saturated carbocycles. The van der Waals surface area contributed by atoms with Crippen LogP contribution in [0.15, 0.2) is 70.1 Å². The second-order valence-electron chi connectivity index (χ2n) is 8.99. The number of nitro groups is 1. The molecule has 0 spiro atoms. The van der Waals surface area contributed by atoms with Crippen molar-refractivity contribution in [3.8, 4) is 11.3 Å². The van der Waals surface area contributed by atoms with E-state index in [-0.39, 0.29) is 16.0 Å². The Morgan fingerprint density at radius 2 is 1.94 bits per heavy atom. The topological polar surface area (TPSA) is 72.8 Å². The van der Waals surface area contributed by atoms with Crippen LogP contribution in [-0.2, 0) is 0 Å². The molecule has 1 aromatic heterocycles. The summed E-state index contributed by atoms with van der Waals surface area (Å²) in [5, 5.41) is 18.3. The molecule has 0 radical (unpaired) electrons. The summed E-state index contributed by atoms with van der Waals surface area (Å²) in [6, 6.07) is 16.5. The Labute approximate surface area is 185 Å². The first kappa shape index (κ1) is 21.2. The molecule has 1 unspecified atom stereocenters. The Bertz CT molecular complexity index is 1190. The fourth-order valence-corrected chi connectivity index (χ4v) is 5.25. The molecule has 6 nitrogen and oxygen atoms in total. The maximum Gasteiger partial charge on any atom is 0.270 e. The van der Waals surface area contributed by atoms with Crippen molar-refractivity contribution in [1.82, 2.24) is 4.68 Å². The average Bonchev–Trinajstić information content (AvgIpc) is 3.09. The average molecular weight is 435 g/mol. The van der Waals surface area contributed by atoms with Gasteiger partial charge in [-0.05, 0) is 42.7 Å². The maximum absolute atomic E-state index is 11.3. The van der Waals surface area contributed by atoms with Crippen molar-refractivity contribution in [1.29, 1.82) is 0 Å². The molecule has 7 heteroatoms. The van der Waals surface area contributed by atoms with E-state index in [4.69, 9.17) is 10.1 Å². The maximum atomic E-state index is 11.3. The molecule has 0 saturated heterocycles. The first-order chi connectivity index (χ1) is 14.8. The number of non-ortho nitro benzene ring substituents is 1. The standard InChI is InChI=1S/C24H26N4O2S/c1-17-12-20(15-24(2,3)14-17)26-27-22(18-8-7-11-21(13-18)28(29)30)16-31-23(27)25-19-9-5-4-6-10-19/h4-11,13,16-17H,12,14-15H2,1-3H3. The van der Waals surface area contributed by atoms with Crippen molar-refractivity contribution in [3.05, 3.63) is 74.9 Å². The highest BCUT2D eigenvalue weighted by Gasteiger charge is 2.30. The summed E-state index contributed by atoms with van der Waals surface area (Å²) >= 11 is 1.49. The Kier molecular flexibility index (Phi) is 5.87. The van der Waals surface area contributed by atoms with E-state index in [1.54, 1.807) is 12.1 Å². The number of nitrogens with zero attached hydrogens (tertiary/aromatic N) is 4. The van der Waals surface area contributed by atoms with Gasteiger partial charge in [-0.2, -0.15) is 5.10 Å². The number of hydrogen-bond donors (Lipinski definition) is 0. The van der Waals surface area contributed by atoms with Crippen LogP contribution >= 0.6 is 11.3 Å². The second-order valence-corrected chi connectivity index (χ2v) is 9.83. The van der Waals surface area contributed by atoms with Crippen molar-refractivity contribution in [2.24, 2.45) is 21.4 Å². The number of benzene rings is 2. The van der Waals surface area contributed by atoms with E-state index in [1.807, 2.05) is 46.5 Å². The Hall–Kier alpha value is -3.06. The SMILES string of the molecule is CC1CC(=Nn2c(-c3cccc([N+](=O)[O-])c3)csc2=Nc2ccccc2)CC(C)(C)C1. The number of nitro benzene ring substituents is 1. The molecule has 0 N–H and O–H groups in total. The molecule has 0 bridgehead atoms. The van der Waals surface area contributed by atoms with Crippen LogP contribution in [0.2, 0.25) is 0 Å². The first-order valence-electron chi connectivity index (χ1n) is 10.4. The Morgan fingerprint density at radius 1 is 1.16 bits per heavy atom. The predicted octanol–water partition coefficient (Wildman–Crippen LogP) is 6.41. The highest BCUT2D eigenvalue weighted by Crippen LogP contribution is 2.37. The van der Waals surface area contributed by atoms with E-state index < -0.39 is 0 Å². The van der Waals surface area contributed by atoms with E-state index in [1.165, 1.54) is 23.8 Å². The smallest absolute Gasteiger partial charge is 0.258 e. The lowest BCUT2D eigenvalue weighted by Gasteiger charge is -2.34. The van der Waals surface area contributed by atoms with Gasteiger partial charge in [0.05, 0.1) is 16.3 Å². The Balaban J connectivity index is 1.87. The van der Waals surface area contributed by atoms with Crippen molar-refractivity contribution in [2.45, 2.75) is 40.0 Å². The number of aromatic nitrogens is 1. The molecule has 1 aliphatic carbocycles. The molecule has 1 aliphatic rings. The van der Waals surface area contributed by atoms with Crippen LogP contribution in [0.3, 0.4) is 0 Å². The number of hydrogen-bond acceptors (Lipinski definition) is 5. The number of para-hydroxylation sites is 1. The van der Waals surface area contributed by atoms with Gasteiger partial charge in [-0.15, -0.1) is 11.3 Å². The van der Waals surface area contributed by atoms with Crippen LogP contribution in [0.5, 0.6) is 0 Å². The molecular formula is C24H26N4O2S. The molecule has 160 valence electrons. The third-order valence-electron chi connectivity index (χ3n) is 5.43. The zero-order chi connectivity index (χ0) is 22.0. The Morgan fingerprint density at radius 3 is 2.65 bits per heavy atom. The highest BCUT2D eigenvalue weighted by molar-refractivity contribution is 7.07. The summed E-state index contributed by atoms with van der Waals surface area (Å²) in [7, 11) is 0. The predicted molar refractivity (Wildman–Crippen MR) is 126 cm³/mol. The van der Waals surface area contributed by atoms with E-state index >= 15 is 0 Å². The summed E-state index contributed by atoms with van der Waals surface area (Å²) in [5.41, 5.74) is 3.83. The zero-order valence-electron chi connectivity index (χ0n) is 18.0. The van der Waals surface area contributed by atoms with Crippen LogP contribution in [0, 0.1) is 21.4 Å². The molecule has 2 aromatic carbocycles.